The van der Waals surface area contributed by atoms with Gasteiger partial charge in [0, 0.05) is 16.6 Å². The van der Waals surface area contributed by atoms with Crippen LogP contribution in [0, 0.1) is 0 Å². The van der Waals surface area contributed by atoms with Gasteiger partial charge in [-0.05, 0) is 12.5 Å². The Hall–Kier alpha value is -2.34. The largest absolute Gasteiger partial charge is 0.421 e. The van der Waals surface area contributed by atoms with Crippen LogP contribution in [0.2, 0.25) is 0 Å². The maximum atomic E-state index is 12.1. The summed E-state index contributed by atoms with van der Waals surface area (Å²) < 4.78 is 2.91. The minimum atomic E-state index is -0.715. The van der Waals surface area contributed by atoms with Crippen molar-refractivity contribution in [2.45, 2.75) is 13.0 Å². The first-order chi connectivity index (χ1) is 9.65. The zero-order chi connectivity index (χ0) is 14.3. The fraction of sp³-hybridized carbons (Fsp3) is 0.143. The molecule has 1 N–H and O–H groups in total. The molecule has 2 aromatic heterocycles. The van der Waals surface area contributed by atoms with Crippen LogP contribution in [0.4, 0.5) is 0 Å². The smallest absolute Gasteiger partial charge is 0.365 e. The number of thiophene rings is 1. The highest BCUT2D eigenvalue weighted by molar-refractivity contribution is 7.25. The van der Waals surface area contributed by atoms with Gasteiger partial charge in [0.2, 0.25) is 0 Å². The molecule has 0 unspecified atom stereocenters. The van der Waals surface area contributed by atoms with Gasteiger partial charge < -0.3 is 5.21 Å². The monoisotopic (exact) mass is 288 g/mol. The fourth-order valence-corrected chi connectivity index (χ4v) is 3.40. The van der Waals surface area contributed by atoms with Crippen LogP contribution < -0.4 is 11.2 Å². The van der Waals surface area contributed by atoms with Gasteiger partial charge in [-0.25, -0.2) is 4.79 Å². The predicted molar refractivity (Wildman–Crippen MR) is 79.8 cm³/mol. The molecular weight excluding hydrogens is 276 g/mol. The van der Waals surface area contributed by atoms with Crippen LogP contribution in [0.3, 0.4) is 0 Å². The summed E-state index contributed by atoms with van der Waals surface area (Å²) in [5.41, 5.74) is -0.790. The molecule has 0 fully saturated rings. The van der Waals surface area contributed by atoms with Gasteiger partial charge in [-0.3, -0.25) is 9.36 Å². The second kappa shape index (κ2) is 4.64. The fourth-order valence-electron chi connectivity index (χ4n) is 2.27. The first-order valence-electron chi connectivity index (χ1n) is 6.12. The van der Waals surface area contributed by atoms with Gasteiger partial charge >= 0.3 is 11.2 Å². The van der Waals surface area contributed by atoms with Gasteiger partial charge in [0.1, 0.15) is 4.70 Å². The highest BCUT2D eigenvalue weighted by Crippen LogP contribution is 2.30. The highest BCUT2D eigenvalue weighted by Gasteiger charge is 2.17. The Kier molecular flexibility index (Phi) is 2.94. The zero-order valence-corrected chi connectivity index (χ0v) is 11.4. The average Bonchev–Trinajstić information content (AvgIpc) is 2.85. The van der Waals surface area contributed by atoms with E-state index in [1.807, 2.05) is 24.3 Å². The number of allylic oxidation sites excluding steroid dienone is 1. The van der Waals surface area contributed by atoms with Crippen LogP contribution in [-0.4, -0.2) is 14.5 Å². The number of aryl methyl sites for hydroxylation is 1. The number of aromatic nitrogens is 2. The Morgan fingerprint density at radius 2 is 2.05 bits per heavy atom. The van der Waals surface area contributed by atoms with E-state index < -0.39 is 11.2 Å². The van der Waals surface area contributed by atoms with Crippen molar-refractivity contribution in [3.8, 4) is 0 Å². The van der Waals surface area contributed by atoms with Crippen molar-refractivity contribution in [2.24, 2.45) is 0 Å². The molecule has 0 atom stereocenters. The number of fused-ring (bicyclic) bond motifs is 3. The molecule has 3 aromatic rings. The number of rotatable bonds is 3. The van der Waals surface area contributed by atoms with Gasteiger partial charge in [0.15, 0.2) is 0 Å². The van der Waals surface area contributed by atoms with Gasteiger partial charge in [0.25, 0.3) is 0 Å². The summed E-state index contributed by atoms with van der Waals surface area (Å²) in [4.78, 5) is 24.1. The first-order valence-corrected chi connectivity index (χ1v) is 6.94. The minimum Gasteiger partial charge on any atom is -0.421 e. The van der Waals surface area contributed by atoms with E-state index >= 15 is 0 Å². The predicted octanol–water partition coefficient (Wildman–Crippen LogP) is 2.19. The molecule has 102 valence electrons. The lowest BCUT2D eigenvalue weighted by Gasteiger charge is -2.07. The average molecular weight is 288 g/mol. The summed E-state index contributed by atoms with van der Waals surface area (Å²) in [6, 6.07) is 7.51. The standard InChI is InChI=1S/C14H12N2O3S/c1-2-3-8-15-11-9-6-4-5-7-10(9)20-12(11)13(17)16(19)14(15)18/h2,4-7,19H,1,3,8H2. The molecule has 1 aromatic carbocycles. The van der Waals surface area contributed by atoms with Crippen LogP contribution in [-0.2, 0) is 6.54 Å². The normalized spacial score (nSPS) is 11.2. The molecule has 0 radical (unpaired) electrons. The number of nitrogens with zero attached hydrogens (tertiary/aromatic N) is 2. The van der Waals surface area contributed by atoms with Crippen molar-refractivity contribution in [3.63, 3.8) is 0 Å². The summed E-state index contributed by atoms with van der Waals surface area (Å²) >= 11 is 1.28. The maximum Gasteiger partial charge on any atom is 0.365 e. The van der Waals surface area contributed by atoms with Gasteiger partial charge in [-0.1, -0.05) is 29.0 Å². The van der Waals surface area contributed by atoms with Gasteiger partial charge in [-0.2, -0.15) is 0 Å². The third-order valence-electron chi connectivity index (χ3n) is 3.19. The lowest BCUT2D eigenvalue weighted by molar-refractivity contribution is 0.157. The molecule has 0 aliphatic carbocycles. The summed E-state index contributed by atoms with van der Waals surface area (Å²) in [6.07, 6.45) is 2.27. The molecule has 0 saturated heterocycles. The number of benzene rings is 1. The second-order valence-electron chi connectivity index (χ2n) is 4.40. The van der Waals surface area contributed by atoms with E-state index in [-0.39, 0.29) is 4.73 Å². The molecular formula is C14H12N2O3S. The van der Waals surface area contributed by atoms with Crippen molar-refractivity contribution < 1.29 is 5.21 Å². The Morgan fingerprint density at radius 3 is 2.80 bits per heavy atom. The summed E-state index contributed by atoms with van der Waals surface area (Å²) in [7, 11) is 0. The third-order valence-corrected chi connectivity index (χ3v) is 4.34. The van der Waals surface area contributed by atoms with E-state index in [2.05, 4.69) is 6.58 Å². The number of hydrogen-bond donors (Lipinski definition) is 1. The molecule has 20 heavy (non-hydrogen) atoms. The molecule has 0 amide bonds. The number of hydrogen-bond acceptors (Lipinski definition) is 4. The van der Waals surface area contributed by atoms with Crippen molar-refractivity contribution in [2.75, 3.05) is 0 Å². The van der Waals surface area contributed by atoms with Crippen molar-refractivity contribution in [3.05, 3.63) is 57.8 Å². The molecule has 0 saturated carbocycles. The van der Waals surface area contributed by atoms with Gasteiger partial charge in [-0.15, -0.1) is 17.9 Å². The molecule has 0 aliphatic heterocycles. The molecule has 6 heteroatoms. The Bertz CT molecular complexity index is 933. The van der Waals surface area contributed by atoms with Crippen molar-refractivity contribution >= 4 is 31.6 Å². The SMILES string of the molecule is C=CCCn1c(=O)n(O)c(=O)c2sc3ccccc3c21. The van der Waals surface area contributed by atoms with Gasteiger partial charge in [0.05, 0.1) is 5.52 Å². The minimum absolute atomic E-state index is 0.181. The molecule has 2 heterocycles. The topological polar surface area (TPSA) is 64.2 Å². The Labute approximate surface area is 117 Å². The zero-order valence-electron chi connectivity index (χ0n) is 10.6. The van der Waals surface area contributed by atoms with E-state index in [0.29, 0.717) is 23.2 Å². The van der Waals surface area contributed by atoms with E-state index in [4.69, 9.17) is 0 Å². The van der Waals surface area contributed by atoms with Crippen molar-refractivity contribution in [1.29, 1.82) is 0 Å². The third kappa shape index (κ3) is 1.69. The molecule has 3 rings (SSSR count). The first kappa shape index (κ1) is 12.7. The second-order valence-corrected chi connectivity index (χ2v) is 5.46. The van der Waals surface area contributed by atoms with Crippen LogP contribution in [0.15, 0.2) is 46.5 Å². The van der Waals surface area contributed by atoms with Crippen LogP contribution >= 0.6 is 11.3 Å². The van der Waals surface area contributed by atoms with Crippen molar-refractivity contribution in [1.82, 2.24) is 9.30 Å². The van der Waals surface area contributed by atoms with Crippen LogP contribution in [0.5, 0.6) is 0 Å². The summed E-state index contributed by atoms with van der Waals surface area (Å²) in [6.45, 7) is 4.01. The lowest BCUT2D eigenvalue weighted by Crippen LogP contribution is -2.38. The van der Waals surface area contributed by atoms with E-state index in [0.717, 1.165) is 10.1 Å². The lowest BCUT2D eigenvalue weighted by atomic mass is 10.2. The molecule has 0 spiro atoms. The summed E-state index contributed by atoms with van der Waals surface area (Å²) in [5.74, 6) is 0. The quantitative estimate of drug-likeness (QED) is 0.593. The Morgan fingerprint density at radius 1 is 1.30 bits per heavy atom. The van der Waals surface area contributed by atoms with E-state index in [1.54, 1.807) is 6.08 Å². The highest BCUT2D eigenvalue weighted by atomic mass is 32.1. The molecule has 5 nitrogen and oxygen atoms in total. The Balaban J connectivity index is 2.54. The summed E-state index contributed by atoms with van der Waals surface area (Å²) in [5, 5.41) is 10.5. The maximum absolute atomic E-state index is 12.1. The molecule has 0 bridgehead atoms. The molecule has 0 aliphatic rings. The van der Waals surface area contributed by atoms with E-state index in [1.165, 1.54) is 15.9 Å². The van der Waals surface area contributed by atoms with E-state index in [9.17, 15) is 14.8 Å². The van der Waals surface area contributed by atoms with Crippen LogP contribution in [0.25, 0.3) is 20.3 Å². The van der Waals surface area contributed by atoms with Crippen LogP contribution in [0.1, 0.15) is 6.42 Å².